The molecule has 0 saturated carbocycles. The Balaban J connectivity index is 1.19. The third kappa shape index (κ3) is 6.50. The molecular weight excluding hydrogens is 459 g/mol. The highest BCUT2D eigenvalue weighted by Crippen LogP contribution is 2.39. The van der Waals surface area contributed by atoms with Gasteiger partial charge in [-0.2, -0.15) is 13.2 Å². The summed E-state index contributed by atoms with van der Waals surface area (Å²) in [6, 6.07) is 13.9. The number of halogens is 3. The summed E-state index contributed by atoms with van der Waals surface area (Å²) in [5.74, 6) is 0.00899. The smallest absolute Gasteiger partial charge is 0.371 e. The largest absolute Gasteiger partial charge is 0.418 e. The van der Waals surface area contributed by atoms with Gasteiger partial charge in [-0.25, -0.2) is 0 Å². The van der Waals surface area contributed by atoms with E-state index in [0.29, 0.717) is 44.6 Å². The molecule has 2 aliphatic heterocycles. The van der Waals surface area contributed by atoms with Crippen LogP contribution in [0.25, 0.3) is 0 Å². The normalized spacial score (nSPS) is 17.9. The second-order valence-corrected chi connectivity index (χ2v) is 9.03. The molecule has 1 N–H and O–H groups in total. The maximum atomic E-state index is 13.2. The van der Waals surface area contributed by atoms with Gasteiger partial charge in [0, 0.05) is 69.7 Å². The van der Waals surface area contributed by atoms with Crippen LogP contribution >= 0.6 is 0 Å². The van der Waals surface area contributed by atoms with E-state index in [1.54, 1.807) is 0 Å². The standard InChI is InChI=1S/C25H30F3N5O2/c26-25(27,28)22-18-21(6-7-23(22)30-35)32-12-8-19(9-13-32)29-24(34)10-11-31-14-16-33(17-15-31)20-4-2-1-3-5-20/h1-7,18-19H,8-17H2,(H,29,34). The minimum Gasteiger partial charge on any atom is -0.371 e. The number of hydrogen-bond donors (Lipinski definition) is 1. The van der Waals surface area contributed by atoms with Crippen LogP contribution in [0, 0.1) is 4.91 Å². The highest BCUT2D eigenvalue weighted by atomic mass is 19.4. The lowest BCUT2D eigenvalue weighted by Gasteiger charge is -2.36. The van der Waals surface area contributed by atoms with Crippen LogP contribution in [0.3, 0.4) is 0 Å². The molecule has 0 bridgehead atoms. The van der Waals surface area contributed by atoms with E-state index in [2.05, 4.69) is 32.4 Å². The molecule has 0 aromatic heterocycles. The van der Waals surface area contributed by atoms with E-state index in [1.807, 2.05) is 23.1 Å². The van der Waals surface area contributed by atoms with Crippen LogP contribution in [0.1, 0.15) is 24.8 Å². The van der Waals surface area contributed by atoms with E-state index in [9.17, 15) is 22.9 Å². The lowest BCUT2D eigenvalue weighted by Crippen LogP contribution is -2.48. The minimum absolute atomic E-state index is 0.00618. The van der Waals surface area contributed by atoms with E-state index >= 15 is 0 Å². The Morgan fingerprint density at radius 2 is 1.57 bits per heavy atom. The van der Waals surface area contributed by atoms with Gasteiger partial charge in [0.1, 0.15) is 5.69 Å². The van der Waals surface area contributed by atoms with Gasteiger partial charge in [-0.1, -0.05) is 18.2 Å². The van der Waals surface area contributed by atoms with Crippen LogP contribution < -0.4 is 15.1 Å². The molecule has 4 rings (SSSR count). The van der Waals surface area contributed by atoms with Gasteiger partial charge >= 0.3 is 6.18 Å². The molecule has 10 heteroatoms. The molecule has 188 valence electrons. The number of hydrogen-bond acceptors (Lipinski definition) is 6. The summed E-state index contributed by atoms with van der Waals surface area (Å²) in [6.07, 6.45) is -2.91. The average molecular weight is 490 g/mol. The van der Waals surface area contributed by atoms with Crippen molar-refractivity contribution in [2.24, 2.45) is 5.18 Å². The fourth-order valence-electron chi connectivity index (χ4n) is 4.74. The van der Waals surface area contributed by atoms with Gasteiger partial charge in [0.15, 0.2) is 0 Å². The van der Waals surface area contributed by atoms with Crippen molar-refractivity contribution in [1.29, 1.82) is 0 Å². The monoisotopic (exact) mass is 489 g/mol. The van der Waals surface area contributed by atoms with E-state index in [1.165, 1.54) is 11.8 Å². The number of nitroso groups, excluding NO2 is 1. The van der Waals surface area contributed by atoms with Crippen molar-refractivity contribution in [1.82, 2.24) is 10.2 Å². The molecule has 7 nitrogen and oxygen atoms in total. The topological polar surface area (TPSA) is 68.2 Å². The SMILES string of the molecule is O=Nc1ccc(N2CCC(NC(=O)CCN3CCN(c4ccccc4)CC3)CC2)cc1C(F)(F)F. The summed E-state index contributed by atoms with van der Waals surface area (Å²) >= 11 is 0. The number of benzene rings is 2. The Morgan fingerprint density at radius 1 is 0.914 bits per heavy atom. The first-order chi connectivity index (χ1) is 16.8. The van der Waals surface area contributed by atoms with Crippen molar-refractivity contribution in [3.63, 3.8) is 0 Å². The fraction of sp³-hybridized carbons (Fsp3) is 0.480. The van der Waals surface area contributed by atoms with E-state index in [0.717, 1.165) is 38.3 Å². The molecule has 2 aromatic rings. The summed E-state index contributed by atoms with van der Waals surface area (Å²) in [6.45, 7) is 5.46. The van der Waals surface area contributed by atoms with Crippen LogP contribution in [0.2, 0.25) is 0 Å². The molecule has 35 heavy (non-hydrogen) atoms. The van der Waals surface area contributed by atoms with Crippen molar-refractivity contribution >= 4 is 23.0 Å². The third-order valence-corrected chi connectivity index (χ3v) is 6.76. The highest BCUT2D eigenvalue weighted by Gasteiger charge is 2.35. The number of rotatable bonds is 7. The molecule has 2 fully saturated rings. The number of carbonyl (C=O) groups excluding carboxylic acids is 1. The number of nitrogens with one attached hydrogen (secondary N) is 1. The summed E-state index contributed by atoms with van der Waals surface area (Å²) < 4.78 is 39.7. The minimum atomic E-state index is -4.64. The number of carbonyl (C=O) groups is 1. The molecule has 2 saturated heterocycles. The van der Waals surface area contributed by atoms with Crippen LogP contribution in [-0.2, 0) is 11.0 Å². The maximum Gasteiger partial charge on any atom is 0.418 e. The first-order valence-electron chi connectivity index (χ1n) is 11.9. The van der Waals surface area contributed by atoms with Crippen LogP contribution in [0.15, 0.2) is 53.7 Å². The number of para-hydroxylation sites is 1. The third-order valence-electron chi connectivity index (χ3n) is 6.76. The molecule has 2 heterocycles. The van der Waals surface area contributed by atoms with E-state index in [4.69, 9.17) is 0 Å². The lowest BCUT2D eigenvalue weighted by atomic mass is 10.0. The predicted octanol–water partition coefficient (Wildman–Crippen LogP) is 4.40. The number of anilines is 2. The zero-order valence-electron chi connectivity index (χ0n) is 19.5. The van der Waals surface area contributed by atoms with Crippen LogP contribution in [0.4, 0.5) is 30.2 Å². The number of nitrogens with zero attached hydrogens (tertiary/aromatic N) is 4. The second-order valence-electron chi connectivity index (χ2n) is 9.03. The first-order valence-corrected chi connectivity index (χ1v) is 11.9. The summed E-state index contributed by atoms with van der Waals surface area (Å²) in [4.78, 5) is 29.7. The van der Waals surface area contributed by atoms with Gasteiger partial charge in [0.25, 0.3) is 0 Å². The summed E-state index contributed by atoms with van der Waals surface area (Å²) in [5, 5.41) is 5.57. The zero-order chi connectivity index (χ0) is 24.8. The molecular formula is C25H30F3N5O2. The van der Waals surface area contributed by atoms with Crippen molar-refractivity contribution in [3.8, 4) is 0 Å². The van der Waals surface area contributed by atoms with Crippen LogP contribution in [0.5, 0.6) is 0 Å². The average Bonchev–Trinajstić information content (AvgIpc) is 2.88. The van der Waals surface area contributed by atoms with Crippen molar-refractivity contribution in [2.75, 3.05) is 55.6 Å². The van der Waals surface area contributed by atoms with Gasteiger partial charge in [-0.05, 0) is 48.4 Å². The Labute approximate surface area is 202 Å². The number of piperidine rings is 1. The Kier molecular flexibility index (Phi) is 7.90. The number of piperazine rings is 1. The van der Waals surface area contributed by atoms with Crippen LogP contribution in [-0.4, -0.2) is 62.7 Å². The molecule has 0 radical (unpaired) electrons. The Bertz CT molecular complexity index is 1000. The number of alkyl halides is 3. The quantitative estimate of drug-likeness (QED) is 0.584. The van der Waals surface area contributed by atoms with E-state index in [-0.39, 0.29) is 11.9 Å². The van der Waals surface area contributed by atoms with Gasteiger partial charge in [0.2, 0.25) is 5.91 Å². The fourth-order valence-corrected chi connectivity index (χ4v) is 4.74. The highest BCUT2D eigenvalue weighted by molar-refractivity contribution is 5.76. The molecule has 2 aliphatic rings. The van der Waals surface area contributed by atoms with Gasteiger partial charge < -0.3 is 15.1 Å². The first kappa shape index (κ1) is 25.0. The molecule has 0 atom stereocenters. The van der Waals surface area contributed by atoms with Crippen molar-refractivity contribution < 1.29 is 18.0 Å². The zero-order valence-corrected chi connectivity index (χ0v) is 19.5. The van der Waals surface area contributed by atoms with Gasteiger partial charge in [0.05, 0.1) is 5.56 Å². The van der Waals surface area contributed by atoms with Gasteiger partial charge in [-0.15, -0.1) is 4.91 Å². The molecule has 1 amide bonds. The Hall–Kier alpha value is -3.14. The molecule has 0 unspecified atom stereocenters. The lowest BCUT2D eigenvalue weighted by molar-refractivity contribution is -0.137. The molecule has 2 aromatic carbocycles. The van der Waals surface area contributed by atoms with Crippen molar-refractivity contribution in [2.45, 2.75) is 31.5 Å². The Morgan fingerprint density at radius 3 is 2.20 bits per heavy atom. The summed E-state index contributed by atoms with van der Waals surface area (Å²) in [7, 11) is 0. The van der Waals surface area contributed by atoms with Crippen molar-refractivity contribution in [3.05, 3.63) is 59.0 Å². The predicted molar refractivity (Wildman–Crippen MR) is 130 cm³/mol. The van der Waals surface area contributed by atoms with E-state index < -0.39 is 17.4 Å². The second kappa shape index (κ2) is 11.1. The van der Waals surface area contributed by atoms with Gasteiger partial charge in [-0.3, -0.25) is 9.69 Å². The molecule has 0 spiro atoms. The molecule has 0 aliphatic carbocycles. The number of amides is 1. The maximum absolute atomic E-state index is 13.2. The summed E-state index contributed by atoms with van der Waals surface area (Å²) in [5.41, 5.74) is 0.00117.